The molecule has 0 aliphatic heterocycles. The van der Waals surface area contributed by atoms with E-state index in [-0.39, 0.29) is 17.5 Å². The Morgan fingerprint density at radius 3 is 3.00 bits per heavy atom. The van der Waals surface area contributed by atoms with E-state index in [9.17, 15) is 9.59 Å². The van der Waals surface area contributed by atoms with Gasteiger partial charge in [0, 0.05) is 23.6 Å². The summed E-state index contributed by atoms with van der Waals surface area (Å²) in [6.45, 7) is 1.78. The van der Waals surface area contributed by atoms with Crippen LogP contribution in [0.25, 0.3) is 0 Å². The molecule has 2 rings (SSSR count). The third-order valence-corrected chi connectivity index (χ3v) is 3.76. The maximum atomic E-state index is 11.3. The third kappa shape index (κ3) is 4.68. The van der Waals surface area contributed by atoms with E-state index in [1.807, 2.05) is 0 Å². The highest BCUT2D eigenvalue weighted by molar-refractivity contribution is 7.99. The van der Waals surface area contributed by atoms with Gasteiger partial charge in [-0.15, -0.1) is 0 Å². The first-order chi connectivity index (χ1) is 9.04. The molecule has 1 unspecified atom stereocenters. The number of nitrogens with two attached hydrogens (primary N) is 1. The van der Waals surface area contributed by atoms with Crippen molar-refractivity contribution in [3.8, 4) is 0 Å². The average Bonchev–Trinajstić information content (AvgIpc) is 3.10. The number of hydrogen-bond donors (Lipinski definition) is 3. The minimum absolute atomic E-state index is 0.155. The Balaban J connectivity index is 1.83. The van der Waals surface area contributed by atoms with E-state index in [1.165, 1.54) is 17.8 Å². The van der Waals surface area contributed by atoms with Gasteiger partial charge in [-0.1, -0.05) is 11.8 Å². The number of rotatable bonds is 7. The topological polar surface area (TPSA) is 101 Å². The lowest BCUT2D eigenvalue weighted by atomic mass is 10.2. The molecule has 0 saturated heterocycles. The van der Waals surface area contributed by atoms with Crippen LogP contribution in [0.5, 0.6) is 0 Å². The van der Waals surface area contributed by atoms with Crippen LogP contribution in [0.4, 0.5) is 0 Å². The standard InChI is InChI=1S/C12H18N4O2S/c1-7-6-10(17)16-12(14-7)19-5-4-9(11(13)18)15-8-2-3-8/h6,8-9,15H,2-5H2,1H3,(H2,13,18)(H,14,16,17). The van der Waals surface area contributed by atoms with Crippen molar-refractivity contribution in [2.45, 2.75) is 43.4 Å². The number of primary amides is 1. The van der Waals surface area contributed by atoms with Gasteiger partial charge in [0.05, 0.1) is 6.04 Å². The van der Waals surface area contributed by atoms with Crippen molar-refractivity contribution in [2.75, 3.05) is 5.75 Å². The van der Waals surface area contributed by atoms with Crippen LogP contribution >= 0.6 is 11.8 Å². The van der Waals surface area contributed by atoms with Crippen LogP contribution in [0.2, 0.25) is 0 Å². The molecule has 1 aromatic rings. The Morgan fingerprint density at radius 2 is 2.42 bits per heavy atom. The Labute approximate surface area is 115 Å². The highest BCUT2D eigenvalue weighted by Gasteiger charge is 2.26. The van der Waals surface area contributed by atoms with Gasteiger partial charge in [0.15, 0.2) is 5.16 Å². The largest absolute Gasteiger partial charge is 0.368 e. The summed E-state index contributed by atoms with van der Waals surface area (Å²) in [5.74, 6) is 0.359. The van der Waals surface area contributed by atoms with Gasteiger partial charge < -0.3 is 16.0 Å². The van der Waals surface area contributed by atoms with Crippen LogP contribution in [-0.2, 0) is 4.79 Å². The van der Waals surface area contributed by atoms with Gasteiger partial charge in [0.1, 0.15) is 0 Å². The first-order valence-corrected chi connectivity index (χ1v) is 7.29. The Hall–Kier alpha value is -1.34. The number of carbonyl (C=O) groups is 1. The second-order valence-corrected chi connectivity index (χ2v) is 5.81. The normalized spacial score (nSPS) is 16.3. The molecule has 0 radical (unpaired) electrons. The van der Waals surface area contributed by atoms with Crippen LogP contribution < -0.4 is 16.6 Å². The second kappa shape index (κ2) is 6.21. The van der Waals surface area contributed by atoms with Gasteiger partial charge in [0.25, 0.3) is 5.56 Å². The number of thioether (sulfide) groups is 1. The van der Waals surface area contributed by atoms with E-state index in [2.05, 4.69) is 15.3 Å². The number of aromatic nitrogens is 2. The summed E-state index contributed by atoms with van der Waals surface area (Å²) in [5, 5.41) is 3.80. The lowest BCUT2D eigenvalue weighted by molar-refractivity contribution is -0.120. The van der Waals surface area contributed by atoms with Crippen molar-refractivity contribution in [3.05, 3.63) is 22.1 Å². The van der Waals surface area contributed by atoms with E-state index >= 15 is 0 Å². The minimum atomic E-state index is -0.321. The fraction of sp³-hybridized carbons (Fsp3) is 0.583. The third-order valence-electron chi connectivity index (χ3n) is 2.85. The molecule has 1 aliphatic carbocycles. The number of aromatic amines is 1. The van der Waals surface area contributed by atoms with Gasteiger partial charge in [-0.25, -0.2) is 4.98 Å². The minimum Gasteiger partial charge on any atom is -0.368 e. The number of nitrogens with one attached hydrogen (secondary N) is 2. The SMILES string of the molecule is Cc1cc(=O)[nH]c(SCCC(NC2CC2)C(N)=O)n1. The molecule has 1 aromatic heterocycles. The van der Waals surface area contributed by atoms with E-state index < -0.39 is 0 Å². The van der Waals surface area contributed by atoms with Crippen LogP contribution in [0.3, 0.4) is 0 Å². The first kappa shape index (κ1) is 14.1. The fourth-order valence-corrected chi connectivity index (χ4v) is 2.66. The fourth-order valence-electron chi connectivity index (χ4n) is 1.74. The first-order valence-electron chi connectivity index (χ1n) is 6.31. The summed E-state index contributed by atoms with van der Waals surface area (Å²) in [5.41, 5.74) is 5.89. The van der Waals surface area contributed by atoms with E-state index in [4.69, 9.17) is 5.73 Å². The van der Waals surface area contributed by atoms with Crippen molar-refractivity contribution in [1.29, 1.82) is 0 Å². The second-order valence-electron chi connectivity index (χ2n) is 4.72. The maximum absolute atomic E-state index is 11.3. The zero-order chi connectivity index (χ0) is 13.8. The van der Waals surface area contributed by atoms with Crippen molar-refractivity contribution >= 4 is 17.7 Å². The molecular weight excluding hydrogens is 264 g/mol. The lowest BCUT2D eigenvalue weighted by Gasteiger charge is -2.14. The summed E-state index contributed by atoms with van der Waals surface area (Å²) >= 11 is 1.43. The molecule has 1 saturated carbocycles. The molecule has 0 bridgehead atoms. The maximum Gasteiger partial charge on any atom is 0.251 e. The van der Waals surface area contributed by atoms with E-state index in [0.717, 1.165) is 12.8 Å². The van der Waals surface area contributed by atoms with Crippen LogP contribution in [0.1, 0.15) is 25.0 Å². The molecule has 0 aromatic carbocycles. The molecule has 0 spiro atoms. The monoisotopic (exact) mass is 282 g/mol. The molecular formula is C12H18N4O2S. The Bertz CT molecular complexity index is 513. The van der Waals surface area contributed by atoms with Crippen LogP contribution in [0.15, 0.2) is 16.0 Å². The summed E-state index contributed by atoms with van der Waals surface area (Å²) in [7, 11) is 0. The van der Waals surface area contributed by atoms with Gasteiger partial charge >= 0.3 is 0 Å². The lowest BCUT2D eigenvalue weighted by Crippen LogP contribution is -2.42. The number of aryl methyl sites for hydroxylation is 1. The molecule has 4 N–H and O–H groups in total. The molecule has 1 heterocycles. The van der Waals surface area contributed by atoms with Gasteiger partial charge in [0.2, 0.25) is 5.91 Å². The highest BCUT2D eigenvalue weighted by Crippen LogP contribution is 2.21. The summed E-state index contributed by atoms with van der Waals surface area (Å²) in [6, 6.07) is 1.60. The quantitative estimate of drug-likeness (QED) is 0.489. The number of H-pyrrole nitrogens is 1. The number of hydrogen-bond acceptors (Lipinski definition) is 5. The van der Waals surface area contributed by atoms with Gasteiger partial charge in [-0.3, -0.25) is 9.59 Å². The average molecular weight is 282 g/mol. The van der Waals surface area contributed by atoms with Crippen molar-refractivity contribution < 1.29 is 4.79 Å². The molecule has 1 aliphatic rings. The zero-order valence-corrected chi connectivity index (χ0v) is 11.6. The Kier molecular flexibility index (Phi) is 4.60. The predicted molar refractivity (Wildman–Crippen MR) is 74.1 cm³/mol. The van der Waals surface area contributed by atoms with Crippen molar-refractivity contribution in [3.63, 3.8) is 0 Å². The summed E-state index contributed by atoms with van der Waals surface area (Å²) in [4.78, 5) is 29.4. The van der Waals surface area contributed by atoms with Gasteiger partial charge in [-0.05, 0) is 26.2 Å². The van der Waals surface area contributed by atoms with Crippen LogP contribution in [0, 0.1) is 6.92 Å². The molecule has 6 nitrogen and oxygen atoms in total. The molecule has 104 valence electrons. The van der Waals surface area contributed by atoms with Crippen molar-refractivity contribution in [1.82, 2.24) is 15.3 Å². The predicted octanol–water partition coefficient (Wildman–Crippen LogP) is 0.166. The number of nitrogens with zero attached hydrogens (tertiary/aromatic N) is 1. The smallest absolute Gasteiger partial charge is 0.251 e. The molecule has 1 fully saturated rings. The molecule has 1 amide bonds. The molecule has 19 heavy (non-hydrogen) atoms. The van der Waals surface area contributed by atoms with E-state index in [1.54, 1.807) is 6.92 Å². The summed E-state index contributed by atoms with van der Waals surface area (Å²) in [6.07, 6.45) is 2.86. The van der Waals surface area contributed by atoms with E-state index in [0.29, 0.717) is 29.1 Å². The zero-order valence-electron chi connectivity index (χ0n) is 10.8. The Morgan fingerprint density at radius 1 is 1.68 bits per heavy atom. The van der Waals surface area contributed by atoms with Gasteiger partial charge in [-0.2, -0.15) is 0 Å². The molecule has 7 heteroatoms. The number of carbonyl (C=O) groups excluding carboxylic acids is 1. The summed E-state index contributed by atoms with van der Waals surface area (Å²) < 4.78 is 0. The van der Waals surface area contributed by atoms with Crippen molar-refractivity contribution in [2.24, 2.45) is 5.73 Å². The van der Waals surface area contributed by atoms with Crippen LogP contribution in [-0.4, -0.2) is 33.7 Å². The molecule has 1 atom stereocenters. The number of amides is 1. The highest BCUT2D eigenvalue weighted by atomic mass is 32.2.